The van der Waals surface area contributed by atoms with Gasteiger partial charge in [0, 0.05) is 11.3 Å². The maximum Gasteiger partial charge on any atom is 0.301 e. The molecule has 2 aliphatic heterocycles. The topological polar surface area (TPSA) is 111 Å². The number of hydrogen-bond donors (Lipinski definition) is 1. The third-order valence-corrected chi connectivity index (χ3v) is 9.12. The Morgan fingerprint density at radius 3 is 2.63 bits per heavy atom. The van der Waals surface area contributed by atoms with Crippen LogP contribution < -0.4 is 19.1 Å². The van der Waals surface area contributed by atoms with Crippen molar-refractivity contribution >= 4 is 45.7 Å². The van der Waals surface area contributed by atoms with Crippen molar-refractivity contribution in [3.8, 4) is 17.2 Å². The second kappa shape index (κ2) is 12.5. The Bertz CT molecular complexity index is 1700. The summed E-state index contributed by atoms with van der Waals surface area (Å²) in [5.41, 5.74) is 3.19. The van der Waals surface area contributed by atoms with Gasteiger partial charge in [0.05, 0.1) is 18.2 Å². The van der Waals surface area contributed by atoms with Crippen molar-refractivity contribution in [1.29, 1.82) is 0 Å². The van der Waals surface area contributed by atoms with Crippen molar-refractivity contribution in [3.63, 3.8) is 0 Å². The van der Waals surface area contributed by atoms with Gasteiger partial charge in [0.15, 0.2) is 15.8 Å². The third kappa shape index (κ3) is 5.95. The molecule has 3 aromatic carbocycles. The number of benzene rings is 3. The number of ether oxygens (including phenoxy) is 3. The average molecular weight is 616 g/mol. The van der Waals surface area contributed by atoms with Crippen molar-refractivity contribution in [3.05, 3.63) is 94.6 Å². The summed E-state index contributed by atoms with van der Waals surface area (Å²) in [6, 6.07) is 19.4. The van der Waals surface area contributed by atoms with Crippen LogP contribution in [0.4, 0.5) is 5.13 Å². The number of thioether (sulfide) groups is 1. The van der Waals surface area contributed by atoms with E-state index in [1.165, 1.54) is 33.6 Å². The van der Waals surface area contributed by atoms with E-state index in [1.807, 2.05) is 19.9 Å². The number of nitrogens with zero attached hydrogens (tertiary/aromatic N) is 3. The van der Waals surface area contributed by atoms with E-state index in [1.54, 1.807) is 36.4 Å². The fourth-order valence-corrected chi connectivity index (χ4v) is 6.70. The van der Waals surface area contributed by atoms with Gasteiger partial charge < -0.3 is 19.3 Å². The minimum atomic E-state index is -0.957. The number of carbonyl (C=O) groups is 2. The molecule has 9 nitrogen and oxygen atoms in total. The SMILES string of the molecule is CCCOc1cccc(C2/C(=C(/O)c3ccc4c(c3)OCCO4)C(=O)C(=O)N2c2nnc(SCc3ccc(C)cc3)s2)c1. The Labute approximate surface area is 257 Å². The highest BCUT2D eigenvalue weighted by molar-refractivity contribution is 8.00. The van der Waals surface area contributed by atoms with Gasteiger partial charge in [-0.05, 0) is 54.8 Å². The Balaban J connectivity index is 1.39. The molecule has 1 fully saturated rings. The predicted octanol–water partition coefficient (Wildman–Crippen LogP) is 6.33. The third-order valence-electron chi connectivity index (χ3n) is 6.99. The van der Waals surface area contributed by atoms with Gasteiger partial charge in [0.25, 0.3) is 5.78 Å². The molecule has 0 saturated carbocycles. The molecule has 6 rings (SSSR count). The highest BCUT2D eigenvalue weighted by Gasteiger charge is 2.48. The highest BCUT2D eigenvalue weighted by Crippen LogP contribution is 2.45. The molecule has 1 atom stereocenters. The Kier molecular flexibility index (Phi) is 8.35. The van der Waals surface area contributed by atoms with Crippen LogP contribution in [0, 0.1) is 6.92 Å². The summed E-state index contributed by atoms with van der Waals surface area (Å²) >= 11 is 2.73. The number of amides is 1. The molecule has 4 aromatic rings. The first-order valence-electron chi connectivity index (χ1n) is 13.9. The Morgan fingerprint density at radius 2 is 1.84 bits per heavy atom. The summed E-state index contributed by atoms with van der Waals surface area (Å²) in [6.07, 6.45) is 0.820. The zero-order chi connectivity index (χ0) is 29.9. The summed E-state index contributed by atoms with van der Waals surface area (Å²) < 4.78 is 17.8. The molecular formula is C32H29N3O6S2. The van der Waals surface area contributed by atoms with Gasteiger partial charge in [0.1, 0.15) is 24.7 Å². The van der Waals surface area contributed by atoms with E-state index >= 15 is 0 Å². The number of aryl methyl sites for hydroxylation is 1. The van der Waals surface area contributed by atoms with E-state index in [0.717, 1.165) is 12.0 Å². The number of fused-ring (bicyclic) bond motifs is 1. The maximum absolute atomic E-state index is 13.6. The van der Waals surface area contributed by atoms with E-state index in [9.17, 15) is 14.7 Å². The molecule has 1 unspecified atom stereocenters. The first-order chi connectivity index (χ1) is 20.9. The Morgan fingerprint density at radius 1 is 1.05 bits per heavy atom. The number of ketones is 1. The summed E-state index contributed by atoms with van der Waals surface area (Å²) in [5.74, 6) is 0.340. The molecule has 0 radical (unpaired) electrons. The lowest BCUT2D eigenvalue weighted by Gasteiger charge is -2.23. The molecule has 11 heteroatoms. The number of aromatic nitrogens is 2. The molecule has 43 heavy (non-hydrogen) atoms. The molecule has 2 aliphatic rings. The van der Waals surface area contributed by atoms with Crippen LogP contribution in [0.15, 0.2) is 76.6 Å². The van der Waals surface area contributed by atoms with E-state index in [2.05, 4.69) is 34.5 Å². The van der Waals surface area contributed by atoms with E-state index in [-0.39, 0.29) is 16.5 Å². The second-order valence-electron chi connectivity index (χ2n) is 10.1. The molecule has 1 aromatic heterocycles. The largest absolute Gasteiger partial charge is 0.507 e. The summed E-state index contributed by atoms with van der Waals surface area (Å²) in [6.45, 7) is 5.36. The first-order valence-corrected chi connectivity index (χ1v) is 15.7. The van der Waals surface area contributed by atoms with Gasteiger partial charge in [-0.2, -0.15) is 0 Å². The number of aliphatic hydroxyl groups is 1. The monoisotopic (exact) mass is 615 g/mol. The quantitative estimate of drug-likeness (QED) is 0.0760. The lowest BCUT2D eigenvalue weighted by Crippen LogP contribution is -2.29. The molecule has 0 spiro atoms. The van der Waals surface area contributed by atoms with Crippen LogP contribution in [0.5, 0.6) is 17.2 Å². The summed E-state index contributed by atoms with van der Waals surface area (Å²) in [5, 5.41) is 20.4. The first kappa shape index (κ1) is 28.8. The Hall–Kier alpha value is -4.35. The van der Waals surface area contributed by atoms with Crippen molar-refractivity contribution in [2.24, 2.45) is 0 Å². The van der Waals surface area contributed by atoms with Gasteiger partial charge >= 0.3 is 5.91 Å². The van der Waals surface area contributed by atoms with Crippen LogP contribution in [0.25, 0.3) is 5.76 Å². The number of aliphatic hydroxyl groups excluding tert-OH is 1. The molecule has 220 valence electrons. The van der Waals surface area contributed by atoms with Gasteiger partial charge in [-0.3, -0.25) is 14.5 Å². The maximum atomic E-state index is 13.6. The number of carbonyl (C=O) groups excluding carboxylic acids is 2. The predicted molar refractivity (Wildman–Crippen MR) is 165 cm³/mol. The lowest BCUT2D eigenvalue weighted by molar-refractivity contribution is -0.132. The van der Waals surface area contributed by atoms with E-state index in [4.69, 9.17) is 14.2 Å². The molecule has 1 N–H and O–H groups in total. The normalized spacial score (nSPS) is 17.3. The van der Waals surface area contributed by atoms with Crippen LogP contribution in [0.3, 0.4) is 0 Å². The van der Waals surface area contributed by atoms with Crippen LogP contribution in [-0.4, -0.2) is 46.8 Å². The van der Waals surface area contributed by atoms with Crippen LogP contribution in [0.1, 0.15) is 41.6 Å². The minimum Gasteiger partial charge on any atom is -0.507 e. The molecule has 1 amide bonds. The standard InChI is InChI=1S/C32H29N3O6S2/c1-3-13-39-23-6-4-5-21(16-23)27-26(28(36)22-11-12-24-25(17-22)41-15-14-40-24)29(37)30(38)35(27)31-33-34-32(43-31)42-18-20-9-7-19(2)8-10-20/h4-12,16-17,27,36H,3,13-15,18H2,1-2H3/b28-26-. The molecular weight excluding hydrogens is 587 g/mol. The van der Waals surface area contributed by atoms with E-state index in [0.29, 0.717) is 58.3 Å². The average Bonchev–Trinajstić information content (AvgIpc) is 3.61. The summed E-state index contributed by atoms with van der Waals surface area (Å²) in [7, 11) is 0. The van der Waals surface area contributed by atoms with Crippen molar-refractivity contribution in [2.75, 3.05) is 24.7 Å². The van der Waals surface area contributed by atoms with E-state index < -0.39 is 17.7 Å². The fraction of sp³-hybridized carbons (Fsp3) is 0.250. The summed E-state index contributed by atoms with van der Waals surface area (Å²) in [4.78, 5) is 28.6. The zero-order valence-corrected chi connectivity index (χ0v) is 25.2. The van der Waals surface area contributed by atoms with Gasteiger partial charge in [-0.25, -0.2) is 0 Å². The van der Waals surface area contributed by atoms with Crippen molar-refractivity contribution in [2.45, 2.75) is 36.4 Å². The molecule has 0 aliphatic carbocycles. The highest BCUT2D eigenvalue weighted by atomic mass is 32.2. The van der Waals surface area contributed by atoms with Crippen LogP contribution in [0.2, 0.25) is 0 Å². The number of anilines is 1. The van der Waals surface area contributed by atoms with Crippen molar-refractivity contribution in [1.82, 2.24) is 10.2 Å². The molecule has 0 bridgehead atoms. The molecule has 3 heterocycles. The molecule has 1 saturated heterocycles. The van der Waals surface area contributed by atoms with Gasteiger partial charge in [-0.1, -0.05) is 72.0 Å². The smallest absolute Gasteiger partial charge is 0.301 e. The number of rotatable bonds is 9. The van der Waals surface area contributed by atoms with Gasteiger partial charge in [0.2, 0.25) is 5.13 Å². The number of hydrogen-bond acceptors (Lipinski definition) is 10. The van der Waals surface area contributed by atoms with Crippen LogP contribution >= 0.6 is 23.1 Å². The van der Waals surface area contributed by atoms with Gasteiger partial charge in [-0.15, -0.1) is 10.2 Å². The second-order valence-corrected chi connectivity index (χ2v) is 12.3. The number of Topliss-reactive ketones (excluding diaryl/α,β-unsaturated/α-hetero) is 1. The van der Waals surface area contributed by atoms with Crippen molar-refractivity contribution < 1.29 is 28.9 Å². The minimum absolute atomic E-state index is 0.0571. The fourth-order valence-electron chi connectivity index (χ4n) is 4.87. The van der Waals surface area contributed by atoms with Crippen LogP contribution in [-0.2, 0) is 15.3 Å². The lowest BCUT2D eigenvalue weighted by atomic mass is 9.95. The zero-order valence-electron chi connectivity index (χ0n) is 23.6.